The molecule has 0 aliphatic heterocycles. The van der Waals surface area contributed by atoms with Gasteiger partial charge in [-0.2, -0.15) is 0 Å². The number of carbonyl (C=O) groups is 2. The number of nitrogens with one attached hydrogen (secondary N) is 2. The van der Waals surface area contributed by atoms with Crippen LogP contribution in [0.5, 0.6) is 0 Å². The molecule has 0 spiro atoms. The van der Waals surface area contributed by atoms with Gasteiger partial charge in [-0.3, -0.25) is 9.59 Å². The van der Waals surface area contributed by atoms with Gasteiger partial charge in [-0.1, -0.05) is 71.4 Å². The molecule has 10 heteroatoms. The average Bonchev–Trinajstić information content (AvgIpc) is 3.08. The number of halogens is 2. The van der Waals surface area contributed by atoms with Crippen molar-refractivity contribution in [2.45, 2.75) is 18.1 Å². The fraction of sp³-hybridized carbons (Fsp3) is 0.200. The summed E-state index contributed by atoms with van der Waals surface area (Å²) in [6.07, 6.45) is 0.298. The molecule has 0 unspecified atom stereocenters. The van der Waals surface area contributed by atoms with Crippen LogP contribution < -0.4 is 10.6 Å². The van der Waals surface area contributed by atoms with E-state index in [0.29, 0.717) is 33.1 Å². The number of hydrogen-bond donors (Lipinski definition) is 2. The molecule has 0 aliphatic carbocycles. The quantitative estimate of drug-likeness (QED) is 0.497. The van der Waals surface area contributed by atoms with Crippen LogP contribution in [0.2, 0.25) is 10.0 Å². The number of anilines is 1. The van der Waals surface area contributed by atoms with Gasteiger partial charge in [0, 0.05) is 7.05 Å². The molecular formula is C20H19Cl2N5O2S. The van der Waals surface area contributed by atoms with E-state index < -0.39 is 0 Å². The largest absolute Gasteiger partial charge is 0.349 e. The molecule has 0 atom stereocenters. The summed E-state index contributed by atoms with van der Waals surface area (Å²) in [4.78, 5) is 24.3. The van der Waals surface area contributed by atoms with Crippen molar-refractivity contribution in [3.05, 3.63) is 70.0 Å². The third-order valence-corrected chi connectivity index (χ3v) is 5.97. The highest BCUT2D eigenvalue weighted by molar-refractivity contribution is 7.99. The predicted octanol–water partition coefficient (Wildman–Crippen LogP) is 3.71. The lowest BCUT2D eigenvalue weighted by Gasteiger charge is -2.08. The van der Waals surface area contributed by atoms with Gasteiger partial charge in [0.25, 0.3) is 0 Å². The van der Waals surface area contributed by atoms with Crippen LogP contribution >= 0.6 is 35.0 Å². The summed E-state index contributed by atoms with van der Waals surface area (Å²) in [6, 6.07) is 14.5. The van der Waals surface area contributed by atoms with Crippen molar-refractivity contribution in [2.24, 2.45) is 7.05 Å². The number of rotatable bonds is 8. The second-order valence-electron chi connectivity index (χ2n) is 6.34. The minimum absolute atomic E-state index is 0.101. The van der Waals surface area contributed by atoms with Crippen LogP contribution in [0, 0.1) is 0 Å². The summed E-state index contributed by atoms with van der Waals surface area (Å²) in [7, 11) is 1.78. The standard InChI is InChI=1S/C20H19Cl2N5O2S/c1-27-16(11-23-17(28)10-13-6-3-2-4-7-13)25-26-20(27)30-12-18(29)24-15-9-5-8-14(21)19(15)22/h2-9H,10-12H2,1H3,(H,23,28)(H,24,29). The fourth-order valence-electron chi connectivity index (χ4n) is 2.56. The van der Waals surface area contributed by atoms with Crippen molar-refractivity contribution in [1.29, 1.82) is 0 Å². The number of hydrogen-bond acceptors (Lipinski definition) is 5. The molecule has 2 amide bonds. The molecule has 0 saturated heterocycles. The number of nitrogens with zero attached hydrogens (tertiary/aromatic N) is 3. The average molecular weight is 464 g/mol. The number of amides is 2. The molecule has 30 heavy (non-hydrogen) atoms. The van der Waals surface area contributed by atoms with Gasteiger partial charge in [-0.25, -0.2) is 0 Å². The third kappa shape index (κ3) is 5.98. The monoisotopic (exact) mass is 463 g/mol. The Morgan fingerprint density at radius 2 is 1.80 bits per heavy atom. The highest BCUT2D eigenvalue weighted by atomic mass is 35.5. The second-order valence-corrected chi connectivity index (χ2v) is 8.06. The molecule has 0 bridgehead atoms. The zero-order chi connectivity index (χ0) is 21.5. The molecule has 2 aromatic carbocycles. The van der Waals surface area contributed by atoms with Crippen LogP contribution in [-0.2, 0) is 29.6 Å². The van der Waals surface area contributed by atoms with E-state index in [1.807, 2.05) is 30.3 Å². The van der Waals surface area contributed by atoms with Crippen LogP contribution in [-0.4, -0.2) is 32.3 Å². The van der Waals surface area contributed by atoms with E-state index in [-0.39, 0.29) is 24.1 Å². The maximum absolute atomic E-state index is 12.2. The van der Waals surface area contributed by atoms with E-state index in [0.717, 1.165) is 5.56 Å². The van der Waals surface area contributed by atoms with Gasteiger partial charge in [0.2, 0.25) is 11.8 Å². The van der Waals surface area contributed by atoms with E-state index in [1.165, 1.54) is 11.8 Å². The molecule has 7 nitrogen and oxygen atoms in total. The van der Waals surface area contributed by atoms with Gasteiger partial charge in [0.05, 0.1) is 34.5 Å². The first-order chi connectivity index (χ1) is 14.4. The van der Waals surface area contributed by atoms with E-state index in [4.69, 9.17) is 23.2 Å². The van der Waals surface area contributed by atoms with Crippen LogP contribution in [0.25, 0.3) is 0 Å². The maximum Gasteiger partial charge on any atom is 0.234 e. The summed E-state index contributed by atoms with van der Waals surface area (Å²) >= 11 is 13.3. The van der Waals surface area contributed by atoms with E-state index in [1.54, 1.807) is 29.8 Å². The first kappa shape index (κ1) is 22.1. The molecule has 0 radical (unpaired) electrons. The third-order valence-electron chi connectivity index (χ3n) is 4.13. The van der Waals surface area contributed by atoms with Crippen LogP contribution in [0.1, 0.15) is 11.4 Å². The molecule has 0 aliphatic rings. The Hall–Kier alpha value is -2.55. The molecule has 1 heterocycles. The summed E-state index contributed by atoms with van der Waals surface area (Å²) < 4.78 is 1.74. The van der Waals surface area contributed by atoms with Gasteiger partial charge < -0.3 is 15.2 Å². The lowest BCUT2D eigenvalue weighted by atomic mass is 10.1. The van der Waals surface area contributed by atoms with Crippen molar-refractivity contribution < 1.29 is 9.59 Å². The Bertz CT molecular complexity index is 1040. The molecule has 2 N–H and O–H groups in total. The highest BCUT2D eigenvalue weighted by Gasteiger charge is 2.14. The lowest BCUT2D eigenvalue weighted by molar-refractivity contribution is -0.120. The molecule has 0 saturated carbocycles. The Morgan fingerprint density at radius 3 is 2.57 bits per heavy atom. The van der Waals surface area contributed by atoms with Gasteiger partial charge in [0.15, 0.2) is 11.0 Å². The SMILES string of the molecule is Cn1c(CNC(=O)Cc2ccccc2)nnc1SCC(=O)Nc1cccc(Cl)c1Cl. The van der Waals surface area contributed by atoms with Crippen molar-refractivity contribution in [3.8, 4) is 0 Å². The Labute approximate surface area is 188 Å². The van der Waals surface area contributed by atoms with Gasteiger partial charge >= 0.3 is 0 Å². The molecule has 1 aromatic heterocycles. The van der Waals surface area contributed by atoms with Gasteiger partial charge in [-0.15, -0.1) is 10.2 Å². The number of thioether (sulfide) groups is 1. The Kier molecular flexibility index (Phi) is 7.73. The summed E-state index contributed by atoms with van der Waals surface area (Å²) in [5.74, 6) is 0.369. The summed E-state index contributed by atoms with van der Waals surface area (Å²) in [6.45, 7) is 0.250. The zero-order valence-corrected chi connectivity index (χ0v) is 18.4. The molecular weight excluding hydrogens is 445 g/mol. The van der Waals surface area contributed by atoms with Crippen molar-refractivity contribution >= 4 is 52.5 Å². The highest BCUT2D eigenvalue weighted by Crippen LogP contribution is 2.29. The molecule has 3 aromatic rings. The summed E-state index contributed by atoms with van der Waals surface area (Å²) in [5.41, 5.74) is 1.39. The van der Waals surface area contributed by atoms with Crippen LogP contribution in [0.3, 0.4) is 0 Å². The number of aromatic nitrogens is 3. The minimum Gasteiger partial charge on any atom is -0.349 e. The molecule has 156 valence electrons. The Morgan fingerprint density at radius 1 is 1.03 bits per heavy atom. The summed E-state index contributed by atoms with van der Waals surface area (Å²) in [5, 5.41) is 15.0. The number of carbonyl (C=O) groups excluding carboxylic acids is 2. The number of benzene rings is 2. The lowest BCUT2D eigenvalue weighted by Crippen LogP contribution is -2.26. The van der Waals surface area contributed by atoms with Crippen LogP contribution in [0.15, 0.2) is 53.7 Å². The minimum atomic E-state index is -0.245. The first-order valence-electron chi connectivity index (χ1n) is 8.99. The van der Waals surface area contributed by atoms with Crippen molar-refractivity contribution in [2.75, 3.05) is 11.1 Å². The first-order valence-corrected chi connectivity index (χ1v) is 10.7. The smallest absolute Gasteiger partial charge is 0.234 e. The zero-order valence-electron chi connectivity index (χ0n) is 16.1. The van der Waals surface area contributed by atoms with Crippen LogP contribution in [0.4, 0.5) is 5.69 Å². The van der Waals surface area contributed by atoms with E-state index in [9.17, 15) is 9.59 Å². The normalized spacial score (nSPS) is 10.6. The van der Waals surface area contributed by atoms with Gasteiger partial charge in [0.1, 0.15) is 0 Å². The van der Waals surface area contributed by atoms with E-state index in [2.05, 4.69) is 20.8 Å². The predicted molar refractivity (Wildman–Crippen MR) is 119 cm³/mol. The topological polar surface area (TPSA) is 88.9 Å². The second kappa shape index (κ2) is 10.5. The molecule has 3 rings (SSSR count). The fourth-order valence-corrected chi connectivity index (χ4v) is 3.64. The van der Waals surface area contributed by atoms with Gasteiger partial charge in [-0.05, 0) is 17.7 Å². The van der Waals surface area contributed by atoms with E-state index >= 15 is 0 Å². The maximum atomic E-state index is 12.2. The Balaban J connectivity index is 1.49. The van der Waals surface area contributed by atoms with Crippen molar-refractivity contribution in [1.82, 2.24) is 20.1 Å². The molecule has 0 fully saturated rings. The van der Waals surface area contributed by atoms with Crippen molar-refractivity contribution in [3.63, 3.8) is 0 Å².